The van der Waals surface area contributed by atoms with Gasteiger partial charge in [-0.05, 0) is 132 Å². The minimum Gasteiger partial charge on any atom is -0.0622 e. The fraction of sp³-hybridized carbons (Fsp3) is 0. The van der Waals surface area contributed by atoms with Crippen molar-refractivity contribution in [3.8, 4) is 44.5 Å². The van der Waals surface area contributed by atoms with Gasteiger partial charge in [0, 0.05) is 0 Å². The second-order valence-corrected chi connectivity index (χ2v) is 14.7. The van der Waals surface area contributed by atoms with Crippen molar-refractivity contribution in [2.45, 2.75) is 0 Å². The van der Waals surface area contributed by atoms with Crippen molar-refractivity contribution in [3.05, 3.63) is 194 Å². The molecular formula is C54H32. The second kappa shape index (κ2) is 11.2. The first-order valence-corrected chi connectivity index (χ1v) is 18.9. The summed E-state index contributed by atoms with van der Waals surface area (Å²) >= 11 is 0. The molecule has 0 atom stereocenters. The lowest BCUT2D eigenvalue weighted by molar-refractivity contribution is 1.66. The quantitative estimate of drug-likeness (QED) is 0.162. The highest BCUT2D eigenvalue weighted by molar-refractivity contribution is 6.45. The Labute approximate surface area is 312 Å². The molecule has 12 aromatic carbocycles. The zero-order chi connectivity index (χ0) is 35.3. The number of fused-ring (bicyclic) bond motifs is 8. The van der Waals surface area contributed by atoms with Crippen LogP contribution in [-0.4, -0.2) is 0 Å². The van der Waals surface area contributed by atoms with Crippen LogP contribution in [0, 0.1) is 0 Å². The van der Waals surface area contributed by atoms with Gasteiger partial charge >= 0.3 is 0 Å². The summed E-state index contributed by atoms with van der Waals surface area (Å²) in [6.45, 7) is 0. The third kappa shape index (κ3) is 4.03. The minimum absolute atomic E-state index is 1.24. The maximum absolute atomic E-state index is 2.53. The average molecular weight is 681 g/mol. The highest BCUT2D eigenvalue weighted by Gasteiger charge is 2.27. The highest BCUT2D eigenvalue weighted by atomic mass is 14.3. The van der Waals surface area contributed by atoms with Crippen LogP contribution >= 0.6 is 0 Å². The fourth-order valence-electron chi connectivity index (χ4n) is 9.74. The molecule has 0 heteroatoms. The van der Waals surface area contributed by atoms with Crippen molar-refractivity contribution in [1.29, 1.82) is 0 Å². The van der Waals surface area contributed by atoms with E-state index in [-0.39, 0.29) is 0 Å². The van der Waals surface area contributed by atoms with Gasteiger partial charge < -0.3 is 0 Å². The van der Waals surface area contributed by atoms with E-state index < -0.39 is 0 Å². The Hall–Kier alpha value is -7.02. The van der Waals surface area contributed by atoms with Crippen LogP contribution in [0.3, 0.4) is 0 Å². The normalized spacial score (nSPS) is 12.1. The molecule has 12 rings (SSSR count). The van der Waals surface area contributed by atoms with Gasteiger partial charge in [0.05, 0.1) is 0 Å². The van der Waals surface area contributed by atoms with Gasteiger partial charge in [-0.2, -0.15) is 0 Å². The summed E-state index contributed by atoms with van der Waals surface area (Å²) in [5, 5.41) is 18.5. The van der Waals surface area contributed by atoms with E-state index in [1.807, 2.05) is 0 Å². The molecule has 0 saturated carbocycles. The molecule has 0 spiro atoms. The molecule has 12 aromatic rings. The topological polar surface area (TPSA) is 0 Å². The SMILES string of the molecule is c1ccc(-c2ccc3c(c2)c2cccc4c5c(-c6ccccc6)c6c7ccc(-c8ccccc8)c8cccc(c6c(-c6ccccc6)c5cc3c24)c87)cc1. The van der Waals surface area contributed by atoms with Crippen LogP contribution in [0.1, 0.15) is 0 Å². The van der Waals surface area contributed by atoms with Gasteiger partial charge in [0.15, 0.2) is 0 Å². The summed E-state index contributed by atoms with van der Waals surface area (Å²) in [6, 6.07) is 72.1. The Morgan fingerprint density at radius 3 is 1.37 bits per heavy atom. The van der Waals surface area contributed by atoms with Crippen LogP contribution in [0.15, 0.2) is 194 Å². The first-order valence-electron chi connectivity index (χ1n) is 18.9. The molecule has 0 aliphatic carbocycles. The van der Waals surface area contributed by atoms with Gasteiger partial charge in [0.25, 0.3) is 0 Å². The Balaban J connectivity index is 1.34. The molecule has 0 aromatic heterocycles. The molecule has 0 aliphatic heterocycles. The van der Waals surface area contributed by atoms with E-state index in [1.54, 1.807) is 0 Å². The zero-order valence-electron chi connectivity index (χ0n) is 29.5. The highest BCUT2D eigenvalue weighted by Crippen LogP contribution is 2.55. The monoisotopic (exact) mass is 680 g/mol. The van der Waals surface area contributed by atoms with Crippen LogP contribution < -0.4 is 0 Å². The predicted octanol–water partition coefficient (Wildman–Crippen LogP) is 15.3. The molecule has 0 radical (unpaired) electrons. The minimum atomic E-state index is 1.24. The van der Waals surface area contributed by atoms with Gasteiger partial charge in [-0.15, -0.1) is 0 Å². The Morgan fingerprint density at radius 2 is 0.685 bits per heavy atom. The molecule has 0 amide bonds. The Bertz CT molecular complexity index is 3380. The first kappa shape index (κ1) is 29.5. The maximum atomic E-state index is 2.53. The standard InChI is InChI=1S/C54H32/c1-5-15-33(16-6-1)37-27-28-39-45(31-37)41-24-14-25-42-51(41)46(39)32-47-48(35-19-9-3-10-20-35)53-43-26-13-23-40-38(34-17-7-2-8-18-34)29-30-44(50(40)43)54(53)49(52(42)47)36-21-11-4-12-22-36/h1-32H. The van der Waals surface area contributed by atoms with Crippen molar-refractivity contribution >= 4 is 75.4 Å². The van der Waals surface area contributed by atoms with E-state index in [2.05, 4.69) is 194 Å². The summed E-state index contributed by atoms with van der Waals surface area (Å²) in [4.78, 5) is 0. The molecular weight excluding hydrogens is 649 g/mol. The third-order valence-electron chi connectivity index (χ3n) is 11.9. The van der Waals surface area contributed by atoms with E-state index >= 15 is 0 Å². The van der Waals surface area contributed by atoms with Crippen LogP contribution in [0.5, 0.6) is 0 Å². The lowest BCUT2D eigenvalue weighted by Crippen LogP contribution is -1.91. The number of hydrogen-bond donors (Lipinski definition) is 0. The smallest absolute Gasteiger partial charge is 0.000719 e. The zero-order valence-corrected chi connectivity index (χ0v) is 29.5. The molecule has 0 fully saturated rings. The summed E-state index contributed by atoms with van der Waals surface area (Å²) in [5.41, 5.74) is 10.1. The van der Waals surface area contributed by atoms with Crippen molar-refractivity contribution < 1.29 is 0 Å². The number of rotatable bonds is 4. The van der Waals surface area contributed by atoms with Crippen LogP contribution in [0.2, 0.25) is 0 Å². The second-order valence-electron chi connectivity index (χ2n) is 14.7. The molecule has 0 bridgehead atoms. The van der Waals surface area contributed by atoms with E-state index in [4.69, 9.17) is 0 Å². The third-order valence-corrected chi connectivity index (χ3v) is 11.9. The lowest BCUT2D eigenvalue weighted by Gasteiger charge is -2.19. The number of benzene rings is 10. The van der Waals surface area contributed by atoms with E-state index in [0.29, 0.717) is 0 Å². The fourth-order valence-corrected chi connectivity index (χ4v) is 9.74. The van der Waals surface area contributed by atoms with Crippen LogP contribution in [0.4, 0.5) is 0 Å². The van der Waals surface area contributed by atoms with Gasteiger partial charge in [0.2, 0.25) is 0 Å². The first-order chi connectivity index (χ1) is 26.8. The van der Waals surface area contributed by atoms with E-state index in [1.165, 1.54) is 120 Å². The van der Waals surface area contributed by atoms with Gasteiger partial charge in [-0.25, -0.2) is 0 Å². The molecule has 0 nitrogen and oxygen atoms in total. The molecule has 0 saturated heterocycles. The molecule has 0 aliphatic rings. The average Bonchev–Trinajstić information content (AvgIpc) is 3.75. The molecule has 0 N–H and O–H groups in total. The van der Waals surface area contributed by atoms with Crippen molar-refractivity contribution in [3.63, 3.8) is 0 Å². The molecule has 248 valence electrons. The Kier molecular flexibility index (Phi) is 6.15. The largest absolute Gasteiger partial charge is 0.0622 e. The van der Waals surface area contributed by atoms with Gasteiger partial charge in [-0.3, -0.25) is 0 Å². The van der Waals surface area contributed by atoms with E-state index in [0.717, 1.165) is 0 Å². The summed E-state index contributed by atoms with van der Waals surface area (Å²) in [7, 11) is 0. The lowest BCUT2D eigenvalue weighted by atomic mass is 9.84. The summed E-state index contributed by atoms with van der Waals surface area (Å²) in [5.74, 6) is 0. The molecule has 54 heavy (non-hydrogen) atoms. The molecule has 0 heterocycles. The number of hydrogen-bond acceptors (Lipinski definition) is 0. The maximum Gasteiger partial charge on any atom is -0.000719 e. The summed E-state index contributed by atoms with van der Waals surface area (Å²) in [6.07, 6.45) is 0. The van der Waals surface area contributed by atoms with Crippen molar-refractivity contribution in [1.82, 2.24) is 0 Å². The van der Waals surface area contributed by atoms with Crippen molar-refractivity contribution in [2.75, 3.05) is 0 Å². The Morgan fingerprint density at radius 1 is 0.185 bits per heavy atom. The van der Waals surface area contributed by atoms with Gasteiger partial charge in [0.1, 0.15) is 0 Å². The van der Waals surface area contributed by atoms with Crippen LogP contribution in [-0.2, 0) is 0 Å². The van der Waals surface area contributed by atoms with Crippen molar-refractivity contribution in [2.24, 2.45) is 0 Å². The predicted molar refractivity (Wildman–Crippen MR) is 233 cm³/mol. The molecule has 0 unspecified atom stereocenters. The van der Waals surface area contributed by atoms with E-state index in [9.17, 15) is 0 Å². The van der Waals surface area contributed by atoms with Crippen LogP contribution in [0.25, 0.3) is 120 Å². The summed E-state index contributed by atoms with van der Waals surface area (Å²) < 4.78 is 0. The van der Waals surface area contributed by atoms with Gasteiger partial charge in [-0.1, -0.05) is 182 Å².